The Labute approximate surface area is 124 Å². The number of thiazole rings is 1. The summed E-state index contributed by atoms with van der Waals surface area (Å²) in [5.41, 5.74) is 7.87. The number of carbonyl (C=O) groups excluding carboxylic acids is 1. The third-order valence-electron chi connectivity index (χ3n) is 2.56. The third kappa shape index (κ3) is 3.54. The summed E-state index contributed by atoms with van der Waals surface area (Å²) in [4.78, 5) is 16.3. The summed E-state index contributed by atoms with van der Waals surface area (Å²) in [5, 5.41) is 5.90. The lowest BCUT2D eigenvalue weighted by Crippen LogP contribution is -2.26. The van der Waals surface area contributed by atoms with E-state index in [2.05, 4.69) is 26.2 Å². The Morgan fingerprint density at radius 2 is 2.32 bits per heavy atom. The maximum atomic E-state index is 12.0. The van der Waals surface area contributed by atoms with Crippen LogP contribution in [-0.2, 0) is 6.42 Å². The van der Waals surface area contributed by atoms with Crippen molar-refractivity contribution in [1.29, 1.82) is 0 Å². The Bertz CT molecular complexity index is 597. The van der Waals surface area contributed by atoms with Crippen LogP contribution in [0.15, 0.2) is 28.1 Å². The Morgan fingerprint density at radius 3 is 3.00 bits per heavy atom. The van der Waals surface area contributed by atoms with Crippen LogP contribution in [0.4, 0.5) is 5.69 Å². The van der Waals surface area contributed by atoms with Gasteiger partial charge in [-0.3, -0.25) is 4.79 Å². The van der Waals surface area contributed by atoms with E-state index in [-0.39, 0.29) is 5.91 Å². The van der Waals surface area contributed by atoms with Gasteiger partial charge in [0.2, 0.25) is 0 Å². The first-order valence-electron chi connectivity index (χ1n) is 5.81. The first-order chi connectivity index (χ1) is 9.08. The normalized spacial score (nSPS) is 10.4. The second kappa shape index (κ2) is 6.16. The zero-order valence-corrected chi connectivity index (χ0v) is 12.8. The van der Waals surface area contributed by atoms with Crippen LogP contribution in [0.2, 0.25) is 0 Å². The molecule has 2 rings (SSSR count). The Morgan fingerprint density at radius 1 is 1.53 bits per heavy atom. The van der Waals surface area contributed by atoms with Crippen LogP contribution in [0, 0.1) is 6.92 Å². The van der Waals surface area contributed by atoms with E-state index in [1.54, 1.807) is 29.5 Å². The second-order valence-electron chi connectivity index (χ2n) is 4.10. The number of rotatable bonds is 4. The molecule has 19 heavy (non-hydrogen) atoms. The van der Waals surface area contributed by atoms with Crippen LogP contribution < -0.4 is 11.1 Å². The number of amides is 1. The van der Waals surface area contributed by atoms with Gasteiger partial charge < -0.3 is 11.1 Å². The highest BCUT2D eigenvalue weighted by Gasteiger charge is 2.11. The fourth-order valence-corrected chi connectivity index (χ4v) is 2.84. The number of nitrogens with zero attached hydrogens (tertiary/aromatic N) is 1. The van der Waals surface area contributed by atoms with Gasteiger partial charge in [-0.1, -0.05) is 6.07 Å². The number of halogens is 1. The summed E-state index contributed by atoms with van der Waals surface area (Å²) >= 11 is 4.94. The number of nitrogens with two attached hydrogens (primary N) is 1. The van der Waals surface area contributed by atoms with E-state index >= 15 is 0 Å². The van der Waals surface area contributed by atoms with Gasteiger partial charge in [0.25, 0.3) is 5.91 Å². The van der Waals surface area contributed by atoms with Crippen LogP contribution in [0.25, 0.3) is 0 Å². The molecule has 0 bridgehead atoms. The van der Waals surface area contributed by atoms with Crippen LogP contribution in [0.5, 0.6) is 0 Å². The first-order valence-corrected chi connectivity index (χ1v) is 7.48. The van der Waals surface area contributed by atoms with Gasteiger partial charge in [-0.15, -0.1) is 11.3 Å². The standard InChI is InChI=1S/C13H14BrN3OS/c1-8-7-19-11(17-8)5-6-16-13(18)9-3-2-4-10(15)12(9)14/h2-4,7H,5-6,15H2,1H3,(H,16,18). The minimum absolute atomic E-state index is 0.132. The molecule has 3 N–H and O–H groups in total. The molecule has 0 fully saturated rings. The van der Waals surface area contributed by atoms with Gasteiger partial charge in [-0.25, -0.2) is 4.98 Å². The Balaban J connectivity index is 1.93. The SMILES string of the molecule is Cc1csc(CCNC(=O)c2cccc(N)c2Br)n1. The highest BCUT2D eigenvalue weighted by molar-refractivity contribution is 9.10. The molecule has 4 nitrogen and oxygen atoms in total. The van der Waals surface area contributed by atoms with Crippen molar-refractivity contribution < 1.29 is 4.79 Å². The van der Waals surface area contributed by atoms with Gasteiger partial charge in [0, 0.05) is 29.7 Å². The molecule has 0 aliphatic heterocycles. The molecule has 0 atom stereocenters. The van der Waals surface area contributed by atoms with E-state index in [0.29, 0.717) is 22.3 Å². The molecular weight excluding hydrogens is 326 g/mol. The van der Waals surface area contributed by atoms with Crippen LogP contribution in [-0.4, -0.2) is 17.4 Å². The number of carbonyl (C=O) groups is 1. The predicted octanol–water partition coefficient (Wildman–Crippen LogP) is 2.77. The number of benzene rings is 1. The van der Waals surface area contributed by atoms with E-state index in [1.165, 1.54) is 0 Å². The maximum absolute atomic E-state index is 12.0. The number of nitrogen functional groups attached to an aromatic ring is 1. The molecule has 0 saturated heterocycles. The first kappa shape index (κ1) is 14.0. The van der Waals surface area contributed by atoms with Crippen molar-refractivity contribution in [2.45, 2.75) is 13.3 Å². The Kier molecular flexibility index (Phi) is 4.55. The molecular formula is C13H14BrN3OS. The highest BCUT2D eigenvalue weighted by atomic mass is 79.9. The molecule has 0 aliphatic rings. The predicted molar refractivity (Wildman–Crippen MR) is 81.4 cm³/mol. The molecule has 1 amide bonds. The van der Waals surface area contributed by atoms with Crippen molar-refractivity contribution >= 4 is 38.9 Å². The maximum Gasteiger partial charge on any atom is 0.252 e. The lowest BCUT2D eigenvalue weighted by Gasteiger charge is -2.07. The quantitative estimate of drug-likeness (QED) is 0.841. The summed E-state index contributed by atoms with van der Waals surface area (Å²) in [6.07, 6.45) is 0.740. The minimum Gasteiger partial charge on any atom is -0.398 e. The molecule has 0 aliphatic carbocycles. The zero-order valence-electron chi connectivity index (χ0n) is 10.4. The van der Waals surface area contributed by atoms with Crippen molar-refractivity contribution in [2.24, 2.45) is 0 Å². The molecule has 1 heterocycles. The smallest absolute Gasteiger partial charge is 0.252 e. The van der Waals surface area contributed by atoms with E-state index in [4.69, 9.17) is 5.73 Å². The largest absolute Gasteiger partial charge is 0.398 e. The molecule has 6 heteroatoms. The molecule has 0 spiro atoms. The van der Waals surface area contributed by atoms with E-state index in [9.17, 15) is 4.79 Å². The summed E-state index contributed by atoms with van der Waals surface area (Å²) in [7, 11) is 0. The van der Waals surface area contributed by atoms with Crippen molar-refractivity contribution in [3.63, 3.8) is 0 Å². The van der Waals surface area contributed by atoms with Crippen LogP contribution in [0.1, 0.15) is 21.1 Å². The second-order valence-corrected chi connectivity index (χ2v) is 5.83. The van der Waals surface area contributed by atoms with Gasteiger partial charge in [0.15, 0.2) is 0 Å². The van der Waals surface area contributed by atoms with Crippen molar-refractivity contribution in [3.8, 4) is 0 Å². The summed E-state index contributed by atoms with van der Waals surface area (Å²) in [6.45, 7) is 2.52. The third-order valence-corrected chi connectivity index (χ3v) is 4.48. The van der Waals surface area contributed by atoms with Crippen LogP contribution in [0.3, 0.4) is 0 Å². The average Bonchev–Trinajstić information content (AvgIpc) is 2.78. The monoisotopic (exact) mass is 339 g/mol. The summed E-state index contributed by atoms with van der Waals surface area (Å²) in [6, 6.07) is 5.25. The molecule has 1 aromatic carbocycles. The van der Waals surface area contributed by atoms with Crippen molar-refractivity contribution in [2.75, 3.05) is 12.3 Å². The minimum atomic E-state index is -0.132. The fraction of sp³-hybridized carbons (Fsp3) is 0.231. The van der Waals surface area contributed by atoms with Gasteiger partial charge in [-0.2, -0.15) is 0 Å². The highest BCUT2D eigenvalue weighted by Crippen LogP contribution is 2.23. The summed E-state index contributed by atoms with van der Waals surface area (Å²) in [5.74, 6) is -0.132. The number of hydrogen-bond acceptors (Lipinski definition) is 4. The van der Waals surface area contributed by atoms with E-state index < -0.39 is 0 Å². The number of anilines is 1. The number of nitrogens with one attached hydrogen (secondary N) is 1. The van der Waals surface area contributed by atoms with Gasteiger partial charge in [0.05, 0.1) is 15.0 Å². The molecule has 2 aromatic rings. The molecule has 0 radical (unpaired) electrons. The van der Waals surface area contributed by atoms with Crippen molar-refractivity contribution in [3.05, 3.63) is 44.3 Å². The van der Waals surface area contributed by atoms with E-state index in [0.717, 1.165) is 17.1 Å². The number of hydrogen-bond donors (Lipinski definition) is 2. The lowest BCUT2D eigenvalue weighted by molar-refractivity contribution is 0.0953. The topological polar surface area (TPSA) is 68.0 Å². The van der Waals surface area contributed by atoms with Gasteiger partial charge in [-0.05, 0) is 35.0 Å². The van der Waals surface area contributed by atoms with Gasteiger partial charge in [0.1, 0.15) is 0 Å². The Hall–Kier alpha value is -1.40. The van der Waals surface area contributed by atoms with Crippen LogP contribution >= 0.6 is 27.3 Å². The van der Waals surface area contributed by atoms with Gasteiger partial charge >= 0.3 is 0 Å². The number of aryl methyl sites for hydroxylation is 1. The average molecular weight is 340 g/mol. The fourth-order valence-electron chi connectivity index (χ4n) is 1.62. The molecule has 0 saturated carbocycles. The summed E-state index contributed by atoms with van der Waals surface area (Å²) < 4.78 is 0.637. The molecule has 100 valence electrons. The molecule has 0 unspecified atom stereocenters. The zero-order chi connectivity index (χ0) is 13.8. The number of aromatic nitrogens is 1. The molecule has 1 aromatic heterocycles. The van der Waals surface area contributed by atoms with Crippen molar-refractivity contribution in [1.82, 2.24) is 10.3 Å². The lowest BCUT2D eigenvalue weighted by atomic mass is 10.2. The van der Waals surface area contributed by atoms with E-state index in [1.807, 2.05) is 12.3 Å².